The molecule has 3 aromatic rings. The highest BCUT2D eigenvalue weighted by Gasteiger charge is 2.16. The van der Waals surface area contributed by atoms with Gasteiger partial charge >= 0.3 is 0 Å². The summed E-state index contributed by atoms with van der Waals surface area (Å²) in [6, 6.07) is 12.7. The predicted octanol–water partition coefficient (Wildman–Crippen LogP) is 1.47. The summed E-state index contributed by atoms with van der Waals surface area (Å²) in [7, 11) is 0. The zero-order chi connectivity index (χ0) is 14.7. The van der Waals surface area contributed by atoms with Crippen molar-refractivity contribution < 1.29 is 4.79 Å². The molecule has 1 unspecified atom stereocenters. The fourth-order valence-corrected chi connectivity index (χ4v) is 2.12. The molecule has 1 amide bonds. The van der Waals surface area contributed by atoms with Crippen molar-refractivity contribution >= 4 is 22.8 Å². The number of H-pyrrole nitrogens is 1. The van der Waals surface area contributed by atoms with E-state index in [4.69, 9.17) is 5.73 Å². The average molecular weight is 281 g/mol. The zero-order valence-corrected chi connectivity index (χ0v) is 11.3. The van der Waals surface area contributed by atoms with Crippen LogP contribution in [-0.2, 0) is 11.2 Å². The van der Waals surface area contributed by atoms with E-state index in [-0.39, 0.29) is 5.91 Å². The number of rotatable bonds is 4. The van der Waals surface area contributed by atoms with E-state index in [9.17, 15) is 4.79 Å². The fourth-order valence-electron chi connectivity index (χ4n) is 2.12. The number of fused-ring (bicyclic) bond motifs is 1. The molecule has 4 N–H and O–H groups in total. The van der Waals surface area contributed by atoms with Crippen LogP contribution in [0.25, 0.3) is 11.0 Å². The molecule has 0 aliphatic heterocycles. The Balaban J connectivity index is 1.71. The first-order chi connectivity index (χ1) is 10.2. The molecule has 0 aliphatic carbocycles. The molecule has 3 rings (SSSR count). The van der Waals surface area contributed by atoms with Gasteiger partial charge in [0, 0.05) is 6.20 Å². The van der Waals surface area contributed by atoms with Crippen LogP contribution < -0.4 is 11.1 Å². The number of anilines is 1. The van der Waals surface area contributed by atoms with Crippen molar-refractivity contribution in [2.75, 3.05) is 5.32 Å². The standard InChI is InChI=1S/C15H15N5O/c16-12(9-10-5-2-1-3-6-10)15(21)18-14-11-7-4-8-17-13(11)19-20-14/h1-8,12H,9,16H2,(H2,17,18,19,20,21). The number of nitrogens with zero attached hydrogens (tertiary/aromatic N) is 2. The van der Waals surface area contributed by atoms with E-state index >= 15 is 0 Å². The first-order valence-corrected chi connectivity index (χ1v) is 6.63. The molecule has 2 aromatic heterocycles. The minimum atomic E-state index is -0.629. The summed E-state index contributed by atoms with van der Waals surface area (Å²) in [5.74, 6) is 0.183. The van der Waals surface area contributed by atoms with Crippen LogP contribution in [0.3, 0.4) is 0 Å². The lowest BCUT2D eigenvalue weighted by atomic mass is 10.1. The third-order valence-corrected chi connectivity index (χ3v) is 3.21. The highest BCUT2D eigenvalue weighted by atomic mass is 16.2. The van der Waals surface area contributed by atoms with Crippen LogP contribution in [0.5, 0.6) is 0 Å². The fraction of sp³-hybridized carbons (Fsp3) is 0.133. The van der Waals surface area contributed by atoms with E-state index in [0.29, 0.717) is 17.9 Å². The Morgan fingerprint density at radius 2 is 2.05 bits per heavy atom. The van der Waals surface area contributed by atoms with Gasteiger partial charge < -0.3 is 11.1 Å². The minimum absolute atomic E-state index is 0.267. The first kappa shape index (κ1) is 13.3. The molecule has 2 heterocycles. The van der Waals surface area contributed by atoms with E-state index in [2.05, 4.69) is 20.5 Å². The number of benzene rings is 1. The Morgan fingerprint density at radius 3 is 2.86 bits per heavy atom. The Labute approximate surface area is 121 Å². The van der Waals surface area contributed by atoms with Crippen molar-refractivity contribution in [3.8, 4) is 0 Å². The van der Waals surface area contributed by atoms with Crippen molar-refractivity contribution in [3.63, 3.8) is 0 Å². The monoisotopic (exact) mass is 281 g/mol. The number of carbonyl (C=O) groups is 1. The van der Waals surface area contributed by atoms with Gasteiger partial charge in [-0.3, -0.25) is 9.89 Å². The molecule has 0 spiro atoms. The molecule has 0 saturated carbocycles. The number of aromatic amines is 1. The molecule has 1 aromatic carbocycles. The van der Waals surface area contributed by atoms with Crippen LogP contribution in [0.1, 0.15) is 5.56 Å². The summed E-state index contributed by atoms with van der Waals surface area (Å²) < 4.78 is 0. The normalized spacial score (nSPS) is 12.2. The molecule has 0 aliphatic rings. The summed E-state index contributed by atoms with van der Waals surface area (Å²) in [5.41, 5.74) is 7.60. The number of nitrogens with two attached hydrogens (primary N) is 1. The molecule has 1 atom stereocenters. The van der Waals surface area contributed by atoms with Crippen LogP contribution in [0, 0.1) is 0 Å². The van der Waals surface area contributed by atoms with E-state index < -0.39 is 6.04 Å². The van der Waals surface area contributed by atoms with Crippen LogP contribution >= 0.6 is 0 Å². The van der Waals surface area contributed by atoms with Crippen molar-refractivity contribution in [1.29, 1.82) is 0 Å². The Bertz CT molecular complexity index is 753. The molecule has 6 heteroatoms. The lowest BCUT2D eigenvalue weighted by Gasteiger charge is -2.11. The maximum Gasteiger partial charge on any atom is 0.242 e. The summed E-state index contributed by atoms with van der Waals surface area (Å²) in [5, 5.41) is 10.3. The van der Waals surface area contributed by atoms with E-state index in [0.717, 1.165) is 10.9 Å². The van der Waals surface area contributed by atoms with Gasteiger partial charge in [0.05, 0.1) is 11.4 Å². The molecule has 0 bridgehead atoms. The highest BCUT2D eigenvalue weighted by Crippen LogP contribution is 2.17. The second kappa shape index (κ2) is 5.72. The van der Waals surface area contributed by atoms with Gasteiger partial charge in [-0.15, -0.1) is 0 Å². The van der Waals surface area contributed by atoms with Gasteiger partial charge in [-0.2, -0.15) is 5.10 Å². The smallest absolute Gasteiger partial charge is 0.242 e. The van der Waals surface area contributed by atoms with Gasteiger partial charge in [-0.25, -0.2) is 4.98 Å². The highest BCUT2D eigenvalue weighted by molar-refractivity contribution is 6.00. The van der Waals surface area contributed by atoms with Crippen LogP contribution in [0.15, 0.2) is 48.7 Å². The summed E-state index contributed by atoms with van der Waals surface area (Å²) in [6.45, 7) is 0. The molecule has 0 radical (unpaired) electrons. The Morgan fingerprint density at radius 1 is 1.24 bits per heavy atom. The van der Waals surface area contributed by atoms with E-state index in [1.165, 1.54) is 0 Å². The number of hydrogen-bond acceptors (Lipinski definition) is 4. The number of aromatic nitrogens is 3. The third-order valence-electron chi connectivity index (χ3n) is 3.21. The third kappa shape index (κ3) is 2.90. The number of amides is 1. The number of nitrogens with one attached hydrogen (secondary N) is 2. The topological polar surface area (TPSA) is 96.7 Å². The minimum Gasteiger partial charge on any atom is -0.320 e. The second-order valence-corrected chi connectivity index (χ2v) is 4.76. The van der Waals surface area contributed by atoms with Crippen LogP contribution in [0.4, 0.5) is 5.82 Å². The van der Waals surface area contributed by atoms with E-state index in [1.807, 2.05) is 36.4 Å². The van der Waals surface area contributed by atoms with Gasteiger partial charge in [0.15, 0.2) is 11.5 Å². The van der Waals surface area contributed by atoms with Gasteiger partial charge in [0.1, 0.15) is 0 Å². The maximum atomic E-state index is 12.1. The van der Waals surface area contributed by atoms with Gasteiger partial charge in [-0.05, 0) is 24.1 Å². The lowest BCUT2D eigenvalue weighted by Crippen LogP contribution is -2.37. The zero-order valence-electron chi connectivity index (χ0n) is 11.3. The van der Waals surface area contributed by atoms with Crippen LogP contribution in [0.2, 0.25) is 0 Å². The molecule has 21 heavy (non-hydrogen) atoms. The van der Waals surface area contributed by atoms with Gasteiger partial charge in [-0.1, -0.05) is 30.3 Å². The Hall–Kier alpha value is -2.73. The summed E-state index contributed by atoms with van der Waals surface area (Å²) in [6.07, 6.45) is 2.14. The number of hydrogen-bond donors (Lipinski definition) is 3. The molecule has 0 fully saturated rings. The molecule has 0 saturated heterocycles. The van der Waals surface area contributed by atoms with Gasteiger partial charge in [0.25, 0.3) is 0 Å². The molecular weight excluding hydrogens is 266 g/mol. The van der Waals surface area contributed by atoms with Gasteiger partial charge in [0.2, 0.25) is 5.91 Å². The molecule has 6 nitrogen and oxygen atoms in total. The first-order valence-electron chi connectivity index (χ1n) is 6.63. The number of carbonyl (C=O) groups excluding carboxylic acids is 1. The van der Waals surface area contributed by atoms with Crippen molar-refractivity contribution in [2.45, 2.75) is 12.5 Å². The molecule has 106 valence electrons. The second-order valence-electron chi connectivity index (χ2n) is 4.76. The largest absolute Gasteiger partial charge is 0.320 e. The SMILES string of the molecule is NC(Cc1ccccc1)C(=O)Nc1n[nH]c2ncccc12. The quantitative estimate of drug-likeness (QED) is 0.674. The van der Waals surface area contributed by atoms with Crippen LogP contribution in [-0.4, -0.2) is 27.1 Å². The summed E-state index contributed by atoms with van der Waals surface area (Å²) in [4.78, 5) is 16.3. The van der Waals surface area contributed by atoms with Crippen molar-refractivity contribution in [1.82, 2.24) is 15.2 Å². The lowest BCUT2D eigenvalue weighted by molar-refractivity contribution is -0.117. The van der Waals surface area contributed by atoms with Crippen molar-refractivity contribution in [3.05, 3.63) is 54.2 Å². The average Bonchev–Trinajstić information content (AvgIpc) is 2.91. The maximum absolute atomic E-state index is 12.1. The molecular formula is C15H15N5O. The number of pyridine rings is 1. The Kier molecular flexibility index (Phi) is 3.61. The summed E-state index contributed by atoms with van der Waals surface area (Å²) >= 11 is 0. The van der Waals surface area contributed by atoms with Crippen molar-refractivity contribution in [2.24, 2.45) is 5.73 Å². The van der Waals surface area contributed by atoms with E-state index in [1.54, 1.807) is 12.3 Å². The predicted molar refractivity (Wildman–Crippen MR) is 80.6 cm³/mol.